The lowest BCUT2D eigenvalue weighted by Gasteiger charge is -2.18. The van der Waals surface area contributed by atoms with Crippen molar-refractivity contribution in [2.45, 2.75) is 31.2 Å². The number of hydrogen-bond acceptors (Lipinski definition) is 1. The summed E-state index contributed by atoms with van der Waals surface area (Å²) in [6.45, 7) is 0. The van der Waals surface area contributed by atoms with Crippen LogP contribution in [0, 0.1) is 5.92 Å². The van der Waals surface area contributed by atoms with Crippen LogP contribution >= 0.6 is 0 Å². The molecule has 0 spiro atoms. The first-order valence-corrected chi connectivity index (χ1v) is 5.77. The molecule has 1 saturated carbocycles. The Bertz CT molecular complexity index is 454. The van der Waals surface area contributed by atoms with E-state index in [1.807, 2.05) is 6.07 Å². The van der Waals surface area contributed by atoms with Gasteiger partial charge in [0.25, 0.3) is 0 Å². The fourth-order valence-electron chi connectivity index (χ4n) is 3.82. The molecule has 0 aromatic heterocycles. The van der Waals surface area contributed by atoms with E-state index in [4.69, 9.17) is 0 Å². The van der Waals surface area contributed by atoms with Gasteiger partial charge in [-0.3, -0.25) is 4.79 Å². The van der Waals surface area contributed by atoms with Gasteiger partial charge in [-0.05, 0) is 30.4 Å². The molecule has 1 aliphatic carbocycles. The molecule has 3 aliphatic rings. The van der Waals surface area contributed by atoms with Gasteiger partial charge in [-0.25, -0.2) is 0 Å². The minimum Gasteiger partial charge on any atom is -0.308 e. The average molecular weight is 199 g/mol. The summed E-state index contributed by atoms with van der Waals surface area (Å²) in [5, 5.41) is 0. The summed E-state index contributed by atoms with van der Waals surface area (Å²) >= 11 is 0. The Labute approximate surface area is 88.9 Å². The number of anilines is 1. The van der Waals surface area contributed by atoms with Crippen molar-refractivity contribution in [3.8, 4) is 0 Å². The molecule has 0 N–H and O–H groups in total. The van der Waals surface area contributed by atoms with Gasteiger partial charge in [0, 0.05) is 24.1 Å². The van der Waals surface area contributed by atoms with Crippen molar-refractivity contribution < 1.29 is 4.79 Å². The number of carbonyl (C=O) groups excluding carboxylic acids is 1. The largest absolute Gasteiger partial charge is 0.308 e. The van der Waals surface area contributed by atoms with E-state index < -0.39 is 0 Å². The third-order valence-corrected chi connectivity index (χ3v) is 4.34. The molecule has 2 heterocycles. The van der Waals surface area contributed by atoms with Gasteiger partial charge in [0.1, 0.15) is 0 Å². The molecule has 1 amide bonds. The van der Waals surface area contributed by atoms with E-state index >= 15 is 0 Å². The second-order valence-corrected chi connectivity index (χ2v) is 4.96. The molecule has 3 atom stereocenters. The molecule has 1 aromatic rings. The third kappa shape index (κ3) is 0.796. The van der Waals surface area contributed by atoms with Crippen LogP contribution in [0.3, 0.4) is 0 Å². The molecular weight excluding hydrogens is 186 g/mol. The predicted molar refractivity (Wildman–Crippen MR) is 57.8 cm³/mol. The van der Waals surface area contributed by atoms with Crippen LogP contribution < -0.4 is 4.90 Å². The Hall–Kier alpha value is -1.31. The first-order chi connectivity index (χ1) is 7.36. The average Bonchev–Trinajstić information content (AvgIpc) is 2.84. The smallest absolute Gasteiger partial charge is 0.227 e. The van der Waals surface area contributed by atoms with Gasteiger partial charge in [0.15, 0.2) is 0 Å². The fourth-order valence-corrected chi connectivity index (χ4v) is 3.82. The Morgan fingerprint density at radius 1 is 1.20 bits per heavy atom. The molecule has 1 aromatic carbocycles. The van der Waals surface area contributed by atoms with Gasteiger partial charge < -0.3 is 4.90 Å². The topological polar surface area (TPSA) is 20.3 Å². The van der Waals surface area contributed by atoms with Crippen molar-refractivity contribution in [2.24, 2.45) is 5.92 Å². The zero-order valence-electron chi connectivity index (χ0n) is 8.52. The number of nitrogens with zero attached hydrogens (tertiary/aromatic N) is 1. The lowest BCUT2D eigenvalue weighted by Crippen LogP contribution is -2.30. The van der Waals surface area contributed by atoms with Gasteiger partial charge in [0.05, 0.1) is 0 Å². The highest BCUT2D eigenvalue weighted by Gasteiger charge is 2.53. The number of carbonyl (C=O) groups is 1. The van der Waals surface area contributed by atoms with Crippen LogP contribution in [0.15, 0.2) is 24.3 Å². The van der Waals surface area contributed by atoms with Crippen LogP contribution in [0.1, 0.15) is 30.7 Å². The molecule has 0 unspecified atom stereocenters. The van der Waals surface area contributed by atoms with E-state index in [1.165, 1.54) is 24.1 Å². The highest BCUT2D eigenvalue weighted by molar-refractivity contribution is 5.99. The number of amides is 1. The highest BCUT2D eigenvalue weighted by Crippen LogP contribution is 2.55. The summed E-state index contributed by atoms with van der Waals surface area (Å²) in [5.41, 5.74) is 2.61. The molecule has 2 fully saturated rings. The lowest BCUT2D eigenvalue weighted by atomic mass is 9.95. The number of rotatable bonds is 0. The zero-order valence-corrected chi connectivity index (χ0v) is 8.52. The van der Waals surface area contributed by atoms with Crippen molar-refractivity contribution >= 4 is 11.6 Å². The molecular formula is C13H13NO. The quantitative estimate of drug-likeness (QED) is 0.627. The van der Waals surface area contributed by atoms with Crippen LogP contribution in [0.5, 0.6) is 0 Å². The second kappa shape index (κ2) is 2.43. The van der Waals surface area contributed by atoms with Gasteiger partial charge >= 0.3 is 0 Å². The summed E-state index contributed by atoms with van der Waals surface area (Å²) in [4.78, 5) is 14.0. The molecule has 15 heavy (non-hydrogen) atoms. The minimum atomic E-state index is 0.347. The molecule has 4 rings (SSSR count). The Morgan fingerprint density at radius 2 is 2.07 bits per heavy atom. The van der Waals surface area contributed by atoms with E-state index in [-0.39, 0.29) is 0 Å². The second-order valence-electron chi connectivity index (χ2n) is 4.96. The molecule has 0 bridgehead atoms. The van der Waals surface area contributed by atoms with Gasteiger partial charge in [-0.15, -0.1) is 0 Å². The first-order valence-electron chi connectivity index (χ1n) is 5.77. The summed E-state index contributed by atoms with van der Waals surface area (Å²) in [6, 6.07) is 8.95. The molecule has 0 radical (unpaired) electrons. The number of benzene rings is 1. The van der Waals surface area contributed by atoms with Crippen molar-refractivity contribution in [1.82, 2.24) is 0 Å². The maximum atomic E-state index is 11.9. The van der Waals surface area contributed by atoms with E-state index in [1.54, 1.807) is 0 Å². The number of hydrogen-bond donors (Lipinski definition) is 0. The standard InChI is InChI=1S/C13H13NO/c15-12-7-8-5-6-10-9-3-1-2-4-11(9)14(12)13(8)10/h1-4,8,10,13H,5-7H2/t8-,10+,13+/m0/s1. The summed E-state index contributed by atoms with van der Waals surface area (Å²) < 4.78 is 0. The van der Waals surface area contributed by atoms with Gasteiger partial charge in [-0.2, -0.15) is 0 Å². The minimum absolute atomic E-state index is 0.347. The fraction of sp³-hybridized carbons (Fsp3) is 0.462. The van der Waals surface area contributed by atoms with Crippen molar-refractivity contribution in [3.63, 3.8) is 0 Å². The SMILES string of the molecule is O=C1C[C@@H]2CC[C@@H]3c4ccccc4N1[C@H]23. The normalized spacial score (nSPS) is 35.9. The summed E-state index contributed by atoms with van der Waals surface area (Å²) in [7, 11) is 0. The molecule has 1 saturated heterocycles. The van der Waals surface area contributed by atoms with Crippen molar-refractivity contribution in [2.75, 3.05) is 4.90 Å². The Balaban J connectivity index is 1.96. The summed E-state index contributed by atoms with van der Waals surface area (Å²) in [6.07, 6.45) is 3.30. The predicted octanol–water partition coefficient (Wildman–Crippen LogP) is 2.30. The van der Waals surface area contributed by atoms with E-state index in [2.05, 4.69) is 23.1 Å². The van der Waals surface area contributed by atoms with E-state index in [9.17, 15) is 4.79 Å². The van der Waals surface area contributed by atoms with Crippen LogP contribution in [0.2, 0.25) is 0 Å². The lowest BCUT2D eigenvalue weighted by molar-refractivity contribution is -0.117. The molecule has 2 heteroatoms. The number of para-hydroxylation sites is 1. The molecule has 76 valence electrons. The van der Waals surface area contributed by atoms with Gasteiger partial charge in [-0.1, -0.05) is 18.2 Å². The van der Waals surface area contributed by atoms with Crippen molar-refractivity contribution in [1.29, 1.82) is 0 Å². The van der Waals surface area contributed by atoms with Crippen molar-refractivity contribution in [3.05, 3.63) is 29.8 Å². The van der Waals surface area contributed by atoms with Crippen LogP contribution in [0.4, 0.5) is 5.69 Å². The maximum Gasteiger partial charge on any atom is 0.227 e. The van der Waals surface area contributed by atoms with Gasteiger partial charge in [0.2, 0.25) is 5.91 Å². The van der Waals surface area contributed by atoms with Crippen LogP contribution in [-0.4, -0.2) is 11.9 Å². The number of fused-ring (bicyclic) bond motifs is 3. The monoisotopic (exact) mass is 199 g/mol. The van der Waals surface area contributed by atoms with E-state index in [0.29, 0.717) is 23.8 Å². The Morgan fingerprint density at radius 3 is 3.00 bits per heavy atom. The van der Waals surface area contributed by atoms with Crippen LogP contribution in [0.25, 0.3) is 0 Å². The molecule has 2 nitrogen and oxygen atoms in total. The zero-order chi connectivity index (χ0) is 9.99. The first kappa shape index (κ1) is 7.91. The Kier molecular flexibility index (Phi) is 1.28. The highest BCUT2D eigenvalue weighted by atomic mass is 16.2. The van der Waals surface area contributed by atoms with Crippen LogP contribution in [-0.2, 0) is 4.79 Å². The summed E-state index contributed by atoms with van der Waals surface area (Å²) in [5.74, 6) is 1.62. The third-order valence-electron chi connectivity index (χ3n) is 4.34. The van der Waals surface area contributed by atoms with E-state index in [0.717, 1.165) is 6.42 Å². The molecule has 2 aliphatic heterocycles. The maximum absolute atomic E-state index is 11.9.